The lowest BCUT2D eigenvalue weighted by Gasteiger charge is -2.28. The van der Waals surface area contributed by atoms with Gasteiger partial charge in [-0.05, 0) is 35.7 Å². The van der Waals surface area contributed by atoms with Gasteiger partial charge in [0.25, 0.3) is 0 Å². The molecule has 1 N–H and O–H groups in total. The first-order valence-electron chi connectivity index (χ1n) is 8.53. The van der Waals surface area contributed by atoms with Crippen molar-refractivity contribution >= 4 is 29.2 Å². The molecule has 5 nitrogen and oxygen atoms in total. The summed E-state index contributed by atoms with van der Waals surface area (Å²) in [5, 5.41) is 3.17. The zero-order valence-electron chi connectivity index (χ0n) is 14.6. The van der Waals surface area contributed by atoms with Crippen molar-refractivity contribution in [3.63, 3.8) is 0 Å². The Bertz CT molecular complexity index is 822. The molecule has 1 aliphatic heterocycles. The van der Waals surface area contributed by atoms with Crippen LogP contribution in [0, 0.1) is 0 Å². The summed E-state index contributed by atoms with van der Waals surface area (Å²) in [4.78, 5) is 26.2. The average molecular weight is 373 g/mol. The van der Waals surface area contributed by atoms with E-state index in [2.05, 4.69) is 28.4 Å². The standard InChI is InChI=1S/C20H21ClN2O3/c1-26-20(25)15-6-7-17(21)18(12-15)22-19(24)9-11-23-10-8-14-4-2-3-5-16(14)13-23/h2-7,12H,8-11,13H2,1H3,(H,22,24). The first kappa shape index (κ1) is 18.4. The van der Waals surface area contributed by atoms with E-state index in [0.29, 0.717) is 29.2 Å². The zero-order valence-corrected chi connectivity index (χ0v) is 15.4. The van der Waals surface area contributed by atoms with Gasteiger partial charge in [-0.15, -0.1) is 0 Å². The minimum atomic E-state index is -0.468. The van der Waals surface area contributed by atoms with Gasteiger partial charge in [-0.2, -0.15) is 0 Å². The minimum absolute atomic E-state index is 0.132. The highest BCUT2D eigenvalue weighted by Crippen LogP contribution is 2.24. The van der Waals surface area contributed by atoms with Crippen LogP contribution in [0.5, 0.6) is 0 Å². The molecule has 1 aliphatic rings. The van der Waals surface area contributed by atoms with Crippen LogP contribution >= 0.6 is 11.6 Å². The molecule has 0 aliphatic carbocycles. The monoisotopic (exact) mass is 372 g/mol. The van der Waals surface area contributed by atoms with Crippen molar-refractivity contribution in [2.75, 3.05) is 25.5 Å². The van der Waals surface area contributed by atoms with Gasteiger partial charge >= 0.3 is 5.97 Å². The molecule has 6 heteroatoms. The van der Waals surface area contributed by atoms with Crippen molar-refractivity contribution in [2.45, 2.75) is 19.4 Å². The number of carbonyl (C=O) groups is 2. The number of nitrogens with zero attached hydrogens (tertiary/aromatic N) is 1. The van der Waals surface area contributed by atoms with Crippen molar-refractivity contribution < 1.29 is 14.3 Å². The largest absolute Gasteiger partial charge is 0.465 e. The zero-order chi connectivity index (χ0) is 18.5. The molecule has 1 amide bonds. The van der Waals surface area contributed by atoms with Crippen molar-refractivity contribution in [2.24, 2.45) is 0 Å². The molecule has 0 saturated carbocycles. The van der Waals surface area contributed by atoms with Gasteiger partial charge in [0.1, 0.15) is 0 Å². The summed E-state index contributed by atoms with van der Waals surface area (Å²) in [6, 6.07) is 13.1. The Kier molecular flexibility index (Phi) is 5.91. The SMILES string of the molecule is COC(=O)c1ccc(Cl)c(NC(=O)CCN2CCc3ccccc3C2)c1. The predicted octanol–water partition coefficient (Wildman–Crippen LogP) is 3.51. The van der Waals surface area contributed by atoms with E-state index in [-0.39, 0.29) is 5.91 Å². The summed E-state index contributed by atoms with van der Waals surface area (Å²) in [6.07, 6.45) is 1.37. The maximum absolute atomic E-state index is 12.3. The normalized spacial score (nSPS) is 13.8. The number of anilines is 1. The number of methoxy groups -OCH3 is 1. The van der Waals surface area contributed by atoms with Crippen LogP contribution < -0.4 is 5.32 Å². The Labute approximate surface area is 157 Å². The van der Waals surface area contributed by atoms with Crippen LogP contribution in [0.25, 0.3) is 0 Å². The van der Waals surface area contributed by atoms with Gasteiger partial charge in [-0.3, -0.25) is 9.69 Å². The molecule has 3 rings (SSSR count). The third-order valence-corrected chi connectivity index (χ3v) is 4.86. The molecule has 0 atom stereocenters. The molecule has 0 unspecified atom stereocenters. The lowest BCUT2D eigenvalue weighted by molar-refractivity contribution is -0.116. The second-order valence-corrected chi connectivity index (χ2v) is 6.69. The smallest absolute Gasteiger partial charge is 0.337 e. The van der Waals surface area contributed by atoms with E-state index in [1.165, 1.54) is 24.3 Å². The minimum Gasteiger partial charge on any atom is -0.465 e. The van der Waals surface area contributed by atoms with E-state index in [9.17, 15) is 9.59 Å². The first-order chi connectivity index (χ1) is 12.6. The number of amides is 1. The highest BCUT2D eigenvalue weighted by atomic mass is 35.5. The van der Waals surface area contributed by atoms with Crippen LogP contribution in [0.2, 0.25) is 5.02 Å². The number of fused-ring (bicyclic) bond motifs is 1. The van der Waals surface area contributed by atoms with Gasteiger partial charge in [0, 0.05) is 26.1 Å². The molecule has 2 aromatic carbocycles. The van der Waals surface area contributed by atoms with E-state index in [1.807, 2.05) is 6.07 Å². The van der Waals surface area contributed by atoms with E-state index in [0.717, 1.165) is 19.5 Å². The fraction of sp³-hybridized carbons (Fsp3) is 0.300. The highest BCUT2D eigenvalue weighted by Gasteiger charge is 2.17. The van der Waals surface area contributed by atoms with Gasteiger partial charge in [0.2, 0.25) is 5.91 Å². The predicted molar refractivity (Wildman–Crippen MR) is 101 cm³/mol. The number of esters is 1. The van der Waals surface area contributed by atoms with Gasteiger partial charge in [0.15, 0.2) is 0 Å². The summed E-state index contributed by atoms with van der Waals surface area (Å²) in [5.74, 6) is -0.600. The fourth-order valence-corrected chi connectivity index (χ4v) is 3.25. The van der Waals surface area contributed by atoms with Crippen LogP contribution in [0.3, 0.4) is 0 Å². The van der Waals surface area contributed by atoms with Crippen LogP contribution in [-0.2, 0) is 22.5 Å². The maximum atomic E-state index is 12.3. The highest BCUT2D eigenvalue weighted by molar-refractivity contribution is 6.33. The second kappa shape index (κ2) is 8.34. The lowest BCUT2D eigenvalue weighted by Crippen LogP contribution is -2.33. The summed E-state index contributed by atoms with van der Waals surface area (Å²) in [7, 11) is 1.31. The Hall–Kier alpha value is -2.37. The molecular weight excluding hydrogens is 352 g/mol. The number of ether oxygens (including phenoxy) is 1. The molecule has 0 saturated heterocycles. The Balaban J connectivity index is 1.56. The van der Waals surface area contributed by atoms with Gasteiger partial charge < -0.3 is 10.1 Å². The van der Waals surface area contributed by atoms with Crippen LogP contribution in [0.15, 0.2) is 42.5 Å². The Morgan fingerprint density at radius 3 is 2.73 bits per heavy atom. The van der Waals surface area contributed by atoms with E-state index >= 15 is 0 Å². The summed E-state index contributed by atoms with van der Waals surface area (Å²) >= 11 is 6.12. The Morgan fingerprint density at radius 2 is 1.96 bits per heavy atom. The van der Waals surface area contributed by atoms with Gasteiger partial charge in [-0.25, -0.2) is 4.79 Å². The van der Waals surface area contributed by atoms with Crippen LogP contribution in [-0.4, -0.2) is 37.0 Å². The summed E-state index contributed by atoms with van der Waals surface area (Å²) in [5.41, 5.74) is 3.48. The van der Waals surface area contributed by atoms with Crippen LogP contribution in [0.1, 0.15) is 27.9 Å². The molecular formula is C20H21ClN2O3. The lowest BCUT2D eigenvalue weighted by atomic mass is 10.00. The van der Waals surface area contributed by atoms with E-state index < -0.39 is 5.97 Å². The molecule has 0 aromatic heterocycles. The number of nitrogens with one attached hydrogen (secondary N) is 1. The number of carbonyl (C=O) groups excluding carboxylic acids is 2. The maximum Gasteiger partial charge on any atom is 0.337 e. The number of hydrogen-bond donors (Lipinski definition) is 1. The van der Waals surface area contributed by atoms with E-state index in [4.69, 9.17) is 16.3 Å². The first-order valence-corrected chi connectivity index (χ1v) is 8.91. The molecule has 26 heavy (non-hydrogen) atoms. The van der Waals surface area contributed by atoms with Crippen molar-refractivity contribution in [3.8, 4) is 0 Å². The topological polar surface area (TPSA) is 58.6 Å². The van der Waals surface area contributed by atoms with Gasteiger partial charge in [0.05, 0.1) is 23.4 Å². The fourth-order valence-electron chi connectivity index (χ4n) is 3.08. The van der Waals surface area contributed by atoms with Crippen LogP contribution in [0.4, 0.5) is 5.69 Å². The molecule has 136 valence electrons. The van der Waals surface area contributed by atoms with Crippen molar-refractivity contribution in [1.29, 1.82) is 0 Å². The molecule has 1 heterocycles. The number of benzene rings is 2. The second-order valence-electron chi connectivity index (χ2n) is 6.28. The Morgan fingerprint density at radius 1 is 1.19 bits per heavy atom. The number of rotatable bonds is 5. The third kappa shape index (κ3) is 4.42. The average Bonchev–Trinajstić information content (AvgIpc) is 2.67. The summed E-state index contributed by atoms with van der Waals surface area (Å²) in [6.45, 7) is 2.49. The molecule has 0 radical (unpaired) electrons. The molecule has 0 fully saturated rings. The van der Waals surface area contributed by atoms with E-state index in [1.54, 1.807) is 12.1 Å². The molecule has 0 spiro atoms. The number of halogens is 1. The molecule has 0 bridgehead atoms. The quantitative estimate of drug-likeness (QED) is 0.816. The summed E-state index contributed by atoms with van der Waals surface area (Å²) < 4.78 is 4.69. The molecule has 2 aromatic rings. The van der Waals surface area contributed by atoms with Crippen molar-refractivity contribution in [1.82, 2.24) is 4.90 Å². The number of hydrogen-bond acceptors (Lipinski definition) is 4. The third-order valence-electron chi connectivity index (χ3n) is 4.53. The van der Waals surface area contributed by atoms with Crippen molar-refractivity contribution in [3.05, 3.63) is 64.2 Å². The van der Waals surface area contributed by atoms with Gasteiger partial charge in [-0.1, -0.05) is 35.9 Å².